The summed E-state index contributed by atoms with van der Waals surface area (Å²) in [7, 11) is -2.25. The highest BCUT2D eigenvalue weighted by Gasteiger charge is 2.32. The van der Waals surface area contributed by atoms with Crippen LogP contribution in [0.5, 0.6) is 5.75 Å². The standard InChI is InChI=1S/C22H28FN3O6S/c1-31-20-5-3-2-4-18(20)25-22(28)26-19-11-8-16(32-21(19)14-27)12-13-24-33(29,30)17-9-6-15(23)7-10-17/h2-7,9-10,16,19,21,24,27H,8,11-14H2,1H3,(H2,25,26,28)/t16-,19+,21+/m0/s1. The number of sulfonamides is 1. The van der Waals surface area contributed by atoms with E-state index in [4.69, 9.17) is 9.47 Å². The lowest BCUT2D eigenvalue weighted by atomic mass is 9.97. The van der Waals surface area contributed by atoms with Gasteiger partial charge < -0.3 is 25.2 Å². The molecule has 0 unspecified atom stereocenters. The van der Waals surface area contributed by atoms with Gasteiger partial charge in [-0.15, -0.1) is 0 Å². The highest BCUT2D eigenvalue weighted by atomic mass is 32.2. The maximum absolute atomic E-state index is 13.0. The molecule has 0 radical (unpaired) electrons. The molecular weight excluding hydrogens is 453 g/mol. The fourth-order valence-corrected chi connectivity index (χ4v) is 4.68. The summed E-state index contributed by atoms with van der Waals surface area (Å²) in [5.41, 5.74) is 0.515. The number of nitrogens with one attached hydrogen (secondary N) is 3. The Morgan fingerprint density at radius 1 is 1.18 bits per heavy atom. The maximum Gasteiger partial charge on any atom is 0.319 e. The van der Waals surface area contributed by atoms with Crippen LogP contribution in [0.3, 0.4) is 0 Å². The van der Waals surface area contributed by atoms with E-state index >= 15 is 0 Å². The molecular formula is C22H28FN3O6S. The summed E-state index contributed by atoms with van der Waals surface area (Å²) in [5, 5.41) is 15.3. The number of aliphatic hydroxyl groups excluding tert-OH is 1. The number of halogens is 1. The van der Waals surface area contributed by atoms with Crippen molar-refractivity contribution in [2.45, 2.75) is 42.4 Å². The van der Waals surface area contributed by atoms with Crippen molar-refractivity contribution in [3.63, 3.8) is 0 Å². The van der Waals surface area contributed by atoms with E-state index in [9.17, 15) is 22.7 Å². The largest absolute Gasteiger partial charge is 0.495 e. The Morgan fingerprint density at radius 2 is 1.91 bits per heavy atom. The van der Waals surface area contributed by atoms with Gasteiger partial charge in [0.25, 0.3) is 0 Å². The fraction of sp³-hybridized carbons (Fsp3) is 0.409. The summed E-state index contributed by atoms with van der Waals surface area (Å²) in [6.07, 6.45) is 0.611. The highest BCUT2D eigenvalue weighted by molar-refractivity contribution is 7.89. The second-order valence-electron chi connectivity index (χ2n) is 7.60. The number of amides is 2. The van der Waals surface area contributed by atoms with Crippen LogP contribution in [0.4, 0.5) is 14.9 Å². The number of hydrogen-bond donors (Lipinski definition) is 4. The van der Waals surface area contributed by atoms with Crippen molar-refractivity contribution in [3.05, 3.63) is 54.3 Å². The Balaban J connectivity index is 1.48. The molecule has 0 bridgehead atoms. The normalized spacial score (nSPS) is 20.8. The molecule has 2 aromatic carbocycles. The lowest BCUT2D eigenvalue weighted by Crippen LogP contribution is -2.52. The van der Waals surface area contributed by atoms with E-state index in [1.807, 2.05) is 0 Å². The molecule has 3 atom stereocenters. The highest BCUT2D eigenvalue weighted by Crippen LogP contribution is 2.24. The minimum Gasteiger partial charge on any atom is -0.495 e. The first-order chi connectivity index (χ1) is 15.8. The minimum absolute atomic E-state index is 0.0213. The van der Waals surface area contributed by atoms with Crippen LogP contribution in [0.2, 0.25) is 0 Å². The zero-order valence-electron chi connectivity index (χ0n) is 18.2. The zero-order valence-corrected chi connectivity index (χ0v) is 19.0. The Morgan fingerprint density at radius 3 is 2.61 bits per heavy atom. The van der Waals surface area contributed by atoms with Crippen LogP contribution in [0, 0.1) is 5.82 Å². The number of benzene rings is 2. The molecule has 2 aromatic rings. The van der Waals surface area contributed by atoms with Crippen molar-refractivity contribution in [2.24, 2.45) is 0 Å². The van der Waals surface area contributed by atoms with Crippen molar-refractivity contribution < 1.29 is 32.2 Å². The number of urea groups is 1. The van der Waals surface area contributed by atoms with Gasteiger partial charge in [-0.3, -0.25) is 0 Å². The molecule has 1 heterocycles. The number of carbonyl (C=O) groups is 1. The molecule has 0 saturated carbocycles. The van der Waals surface area contributed by atoms with Crippen LogP contribution in [0.25, 0.3) is 0 Å². The molecule has 1 aliphatic heterocycles. The lowest BCUT2D eigenvalue weighted by Gasteiger charge is -2.36. The van der Waals surface area contributed by atoms with Crippen LogP contribution in [0.1, 0.15) is 19.3 Å². The molecule has 0 aliphatic carbocycles. The minimum atomic E-state index is -3.76. The summed E-state index contributed by atoms with van der Waals surface area (Å²) in [5.74, 6) is 0.00811. The van der Waals surface area contributed by atoms with Crippen molar-refractivity contribution >= 4 is 21.7 Å². The molecule has 1 aliphatic rings. The quantitative estimate of drug-likeness (QED) is 0.435. The molecule has 1 fully saturated rings. The van der Waals surface area contributed by atoms with E-state index in [1.54, 1.807) is 24.3 Å². The van der Waals surface area contributed by atoms with Gasteiger partial charge in [-0.25, -0.2) is 22.3 Å². The molecule has 9 nitrogen and oxygen atoms in total. The Hall–Kier alpha value is -2.73. The van der Waals surface area contributed by atoms with Gasteiger partial charge in [0.15, 0.2) is 0 Å². The number of ether oxygens (including phenoxy) is 2. The number of para-hydroxylation sites is 2. The third-order valence-electron chi connectivity index (χ3n) is 5.35. The topological polar surface area (TPSA) is 126 Å². The first kappa shape index (κ1) is 24.9. The smallest absolute Gasteiger partial charge is 0.319 e. The van der Waals surface area contributed by atoms with E-state index in [0.717, 1.165) is 12.1 Å². The van der Waals surface area contributed by atoms with Crippen molar-refractivity contribution in [3.8, 4) is 5.75 Å². The van der Waals surface area contributed by atoms with Crippen molar-refractivity contribution in [1.29, 1.82) is 0 Å². The molecule has 33 heavy (non-hydrogen) atoms. The summed E-state index contributed by atoms with van der Waals surface area (Å²) < 4.78 is 51.2. The van der Waals surface area contributed by atoms with E-state index < -0.39 is 34.0 Å². The van der Waals surface area contributed by atoms with Gasteiger partial charge in [-0.1, -0.05) is 12.1 Å². The Bertz CT molecular complexity index is 1030. The number of rotatable bonds is 9. The van der Waals surface area contributed by atoms with E-state index in [0.29, 0.717) is 30.7 Å². The number of hydrogen-bond acceptors (Lipinski definition) is 6. The monoisotopic (exact) mass is 481 g/mol. The van der Waals surface area contributed by atoms with Crippen LogP contribution >= 0.6 is 0 Å². The van der Waals surface area contributed by atoms with Gasteiger partial charge >= 0.3 is 6.03 Å². The average molecular weight is 482 g/mol. The Labute approximate surface area is 192 Å². The second-order valence-corrected chi connectivity index (χ2v) is 9.37. The first-order valence-corrected chi connectivity index (χ1v) is 12.0. The number of anilines is 1. The predicted molar refractivity (Wildman–Crippen MR) is 120 cm³/mol. The van der Waals surface area contributed by atoms with Crippen LogP contribution in [-0.4, -0.2) is 58.1 Å². The summed E-state index contributed by atoms with van der Waals surface area (Å²) in [6.45, 7) is -0.174. The summed E-state index contributed by atoms with van der Waals surface area (Å²) in [4.78, 5) is 12.4. The Kier molecular flexibility index (Phi) is 8.61. The number of aliphatic hydroxyl groups is 1. The fourth-order valence-electron chi connectivity index (χ4n) is 3.64. The SMILES string of the molecule is COc1ccccc1NC(=O)N[C@@H]1CC[C@@H](CCNS(=O)(=O)c2ccc(F)cc2)O[C@@H]1CO. The second kappa shape index (κ2) is 11.4. The number of carbonyl (C=O) groups excluding carboxylic acids is 1. The van der Waals surface area contributed by atoms with Gasteiger partial charge in [-0.05, 0) is 55.7 Å². The van der Waals surface area contributed by atoms with E-state index in [1.165, 1.54) is 19.2 Å². The van der Waals surface area contributed by atoms with Crippen molar-refractivity contribution in [1.82, 2.24) is 10.0 Å². The van der Waals surface area contributed by atoms with E-state index in [2.05, 4.69) is 15.4 Å². The molecule has 3 rings (SSSR count). The summed E-state index contributed by atoms with van der Waals surface area (Å²) in [6, 6.07) is 10.7. The van der Waals surface area contributed by atoms with Gasteiger partial charge in [0, 0.05) is 6.54 Å². The molecule has 180 valence electrons. The van der Waals surface area contributed by atoms with Gasteiger partial charge in [0.2, 0.25) is 10.0 Å². The predicted octanol–water partition coefficient (Wildman–Crippen LogP) is 2.23. The van der Waals surface area contributed by atoms with E-state index in [-0.39, 0.29) is 24.2 Å². The first-order valence-electron chi connectivity index (χ1n) is 10.5. The molecule has 0 aromatic heterocycles. The van der Waals surface area contributed by atoms with Crippen LogP contribution < -0.4 is 20.1 Å². The van der Waals surface area contributed by atoms with Crippen LogP contribution in [-0.2, 0) is 14.8 Å². The zero-order chi connectivity index (χ0) is 23.8. The summed E-state index contributed by atoms with van der Waals surface area (Å²) >= 11 is 0. The van der Waals surface area contributed by atoms with Crippen LogP contribution in [0.15, 0.2) is 53.4 Å². The molecule has 4 N–H and O–H groups in total. The van der Waals surface area contributed by atoms with Gasteiger partial charge in [-0.2, -0.15) is 0 Å². The van der Waals surface area contributed by atoms with Crippen molar-refractivity contribution in [2.75, 3.05) is 25.6 Å². The third-order valence-corrected chi connectivity index (χ3v) is 6.83. The molecule has 11 heteroatoms. The average Bonchev–Trinajstić information content (AvgIpc) is 2.80. The lowest BCUT2D eigenvalue weighted by molar-refractivity contribution is -0.0884. The molecule has 2 amide bonds. The van der Waals surface area contributed by atoms with Gasteiger partial charge in [0.05, 0.1) is 36.4 Å². The molecule has 0 spiro atoms. The molecule has 1 saturated heterocycles. The number of methoxy groups -OCH3 is 1. The third kappa shape index (κ3) is 6.87. The van der Waals surface area contributed by atoms with Gasteiger partial charge in [0.1, 0.15) is 17.7 Å². The maximum atomic E-state index is 13.0.